The van der Waals surface area contributed by atoms with Gasteiger partial charge in [-0.15, -0.1) is 0 Å². The summed E-state index contributed by atoms with van der Waals surface area (Å²) in [6, 6.07) is 9.17. The molecule has 0 aliphatic heterocycles. The number of ether oxygens (including phenoxy) is 1. The van der Waals surface area contributed by atoms with Gasteiger partial charge in [0.05, 0.1) is 5.56 Å². The fraction of sp³-hybridized carbons (Fsp3) is 0. The van der Waals surface area contributed by atoms with E-state index in [2.05, 4.69) is 0 Å². The summed E-state index contributed by atoms with van der Waals surface area (Å²) >= 11 is 5.72. The Bertz CT molecular complexity index is 637. The number of halogens is 3. The van der Waals surface area contributed by atoms with Crippen LogP contribution >= 0.6 is 11.6 Å². The van der Waals surface area contributed by atoms with Crippen LogP contribution in [0.15, 0.2) is 36.4 Å². The third-order valence-electron chi connectivity index (χ3n) is 2.18. The van der Waals surface area contributed by atoms with Gasteiger partial charge in [-0.05, 0) is 30.3 Å². The van der Waals surface area contributed by atoms with E-state index in [4.69, 9.17) is 21.6 Å². The van der Waals surface area contributed by atoms with E-state index in [1.807, 2.05) is 6.07 Å². The minimum atomic E-state index is -0.839. The predicted octanol–water partition coefficient (Wildman–Crippen LogP) is 4.28. The molecule has 0 saturated carbocycles. The zero-order valence-electron chi connectivity index (χ0n) is 8.95. The molecule has 0 aliphatic carbocycles. The van der Waals surface area contributed by atoms with Crippen molar-refractivity contribution in [2.24, 2.45) is 0 Å². The molecule has 0 heterocycles. The van der Waals surface area contributed by atoms with Crippen molar-refractivity contribution >= 4 is 11.6 Å². The van der Waals surface area contributed by atoms with Crippen molar-refractivity contribution in [2.75, 3.05) is 0 Å². The predicted molar refractivity (Wildman–Crippen MR) is 62.6 cm³/mol. The van der Waals surface area contributed by atoms with Crippen LogP contribution in [0.3, 0.4) is 0 Å². The Hall–Kier alpha value is -2.12. The van der Waals surface area contributed by atoms with Gasteiger partial charge < -0.3 is 4.74 Å². The molecule has 0 bridgehead atoms. The summed E-state index contributed by atoms with van der Waals surface area (Å²) in [5.74, 6) is -1.53. The fourth-order valence-electron chi connectivity index (χ4n) is 1.36. The van der Waals surface area contributed by atoms with Gasteiger partial charge in [0.15, 0.2) is 11.6 Å². The van der Waals surface area contributed by atoms with Gasteiger partial charge in [-0.3, -0.25) is 0 Å². The molecule has 0 fully saturated rings. The molecule has 90 valence electrons. The summed E-state index contributed by atoms with van der Waals surface area (Å²) in [4.78, 5) is 0. The van der Waals surface area contributed by atoms with E-state index in [-0.39, 0.29) is 17.1 Å². The Labute approximate surface area is 107 Å². The van der Waals surface area contributed by atoms with Gasteiger partial charge in [-0.1, -0.05) is 11.6 Å². The molecule has 5 heteroatoms. The standard InChI is InChI=1S/C13H6ClF2NO/c14-9-1-3-12(8(5-9)7-17)18-13-4-2-10(15)6-11(13)16/h1-6H. The normalized spacial score (nSPS) is 9.89. The maximum absolute atomic E-state index is 13.4. The molecule has 2 nitrogen and oxygen atoms in total. The van der Waals surface area contributed by atoms with E-state index in [1.54, 1.807) is 0 Å². The van der Waals surface area contributed by atoms with Crippen LogP contribution in [0.5, 0.6) is 11.5 Å². The summed E-state index contributed by atoms with van der Waals surface area (Å²) in [6.45, 7) is 0. The molecule has 0 atom stereocenters. The average molecular weight is 266 g/mol. The number of hydrogen-bond donors (Lipinski definition) is 0. The fourth-order valence-corrected chi connectivity index (χ4v) is 1.53. The maximum Gasteiger partial charge on any atom is 0.168 e. The Balaban J connectivity index is 2.37. The zero-order valence-corrected chi connectivity index (χ0v) is 9.71. The second-order valence-corrected chi connectivity index (χ2v) is 3.87. The van der Waals surface area contributed by atoms with Crippen LogP contribution < -0.4 is 4.74 Å². The number of nitrogens with zero attached hydrogens (tertiary/aromatic N) is 1. The highest BCUT2D eigenvalue weighted by atomic mass is 35.5. The van der Waals surface area contributed by atoms with Gasteiger partial charge in [0, 0.05) is 11.1 Å². The zero-order chi connectivity index (χ0) is 13.1. The highest BCUT2D eigenvalue weighted by Gasteiger charge is 2.09. The van der Waals surface area contributed by atoms with E-state index < -0.39 is 11.6 Å². The van der Waals surface area contributed by atoms with Crippen LogP contribution in [0.1, 0.15) is 5.56 Å². The van der Waals surface area contributed by atoms with Gasteiger partial charge in [0.1, 0.15) is 17.6 Å². The second-order valence-electron chi connectivity index (χ2n) is 3.43. The van der Waals surface area contributed by atoms with Gasteiger partial charge in [-0.25, -0.2) is 8.78 Å². The van der Waals surface area contributed by atoms with Gasteiger partial charge >= 0.3 is 0 Å². The average Bonchev–Trinajstić information content (AvgIpc) is 2.34. The second kappa shape index (κ2) is 5.03. The van der Waals surface area contributed by atoms with Crippen LogP contribution in [0, 0.1) is 23.0 Å². The van der Waals surface area contributed by atoms with Crippen LogP contribution in [-0.4, -0.2) is 0 Å². The summed E-state index contributed by atoms with van der Waals surface area (Å²) in [7, 11) is 0. The van der Waals surface area contributed by atoms with Crippen molar-refractivity contribution in [3.05, 3.63) is 58.6 Å². The topological polar surface area (TPSA) is 33.0 Å². The van der Waals surface area contributed by atoms with Crippen molar-refractivity contribution in [2.45, 2.75) is 0 Å². The lowest BCUT2D eigenvalue weighted by molar-refractivity contribution is 0.436. The monoisotopic (exact) mass is 265 g/mol. The molecule has 2 aromatic rings. The lowest BCUT2D eigenvalue weighted by Crippen LogP contribution is -1.92. The Morgan fingerprint density at radius 2 is 1.78 bits per heavy atom. The molecule has 18 heavy (non-hydrogen) atoms. The highest BCUT2D eigenvalue weighted by Crippen LogP contribution is 2.29. The van der Waals surface area contributed by atoms with Crippen LogP contribution in [-0.2, 0) is 0 Å². The highest BCUT2D eigenvalue weighted by molar-refractivity contribution is 6.30. The summed E-state index contributed by atoms with van der Waals surface area (Å²) in [5.41, 5.74) is 0.172. The molecular weight excluding hydrogens is 260 g/mol. The molecular formula is C13H6ClF2NO. The maximum atomic E-state index is 13.4. The number of nitriles is 1. The molecule has 0 saturated heterocycles. The summed E-state index contributed by atoms with van der Waals surface area (Å²) in [5, 5.41) is 9.27. The largest absolute Gasteiger partial charge is 0.453 e. The molecule has 0 unspecified atom stereocenters. The molecule has 0 amide bonds. The molecule has 0 aromatic heterocycles. The van der Waals surface area contributed by atoms with E-state index >= 15 is 0 Å². The smallest absolute Gasteiger partial charge is 0.168 e. The Morgan fingerprint density at radius 3 is 2.44 bits per heavy atom. The van der Waals surface area contributed by atoms with Crippen molar-refractivity contribution in [1.29, 1.82) is 5.26 Å². The van der Waals surface area contributed by atoms with Crippen molar-refractivity contribution in [3.63, 3.8) is 0 Å². The van der Waals surface area contributed by atoms with E-state index in [0.29, 0.717) is 11.1 Å². The van der Waals surface area contributed by atoms with Crippen molar-refractivity contribution in [1.82, 2.24) is 0 Å². The Kier molecular flexibility index (Phi) is 3.45. The van der Waals surface area contributed by atoms with Gasteiger partial charge in [0.25, 0.3) is 0 Å². The first-order chi connectivity index (χ1) is 8.60. The number of hydrogen-bond acceptors (Lipinski definition) is 2. The lowest BCUT2D eigenvalue weighted by atomic mass is 10.2. The SMILES string of the molecule is N#Cc1cc(Cl)ccc1Oc1ccc(F)cc1F. The molecule has 0 spiro atoms. The third-order valence-corrected chi connectivity index (χ3v) is 2.41. The van der Waals surface area contributed by atoms with Crippen molar-refractivity contribution in [3.8, 4) is 17.6 Å². The number of rotatable bonds is 2. The van der Waals surface area contributed by atoms with Gasteiger partial charge in [-0.2, -0.15) is 5.26 Å². The third kappa shape index (κ3) is 2.58. The molecule has 2 rings (SSSR count). The van der Waals surface area contributed by atoms with E-state index in [0.717, 1.165) is 12.1 Å². The molecule has 2 aromatic carbocycles. The minimum Gasteiger partial charge on any atom is -0.453 e. The first-order valence-corrected chi connectivity index (χ1v) is 5.30. The molecule has 0 N–H and O–H groups in total. The van der Waals surface area contributed by atoms with Crippen molar-refractivity contribution < 1.29 is 13.5 Å². The first kappa shape index (κ1) is 12.3. The van der Waals surface area contributed by atoms with Crippen LogP contribution in [0.25, 0.3) is 0 Å². The van der Waals surface area contributed by atoms with Crippen LogP contribution in [0.4, 0.5) is 8.78 Å². The Morgan fingerprint density at radius 1 is 1.06 bits per heavy atom. The molecule has 0 aliphatic rings. The van der Waals surface area contributed by atoms with Gasteiger partial charge in [0.2, 0.25) is 0 Å². The number of benzene rings is 2. The summed E-state index contributed by atoms with van der Waals surface area (Å²) < 4.78 is 31.3. The minimum absolute atomic E-state index is 0.157. The van der Waals surface area contributed by atoms with E-state index in [1.165, 1.54) is 18.2 Å². The molecule has 0 radical (unpaired) electrons. The first-order valence-electron chi connectivity index (χ1n) is 4.92. The summed E-state index contributed by atoms with van der Waals surface area (Å²) in [6.07, 6.45) is 0. The van der Waals surface area contributed by atoms with E-state index in [9.17, 15) is 8.78 Å². The van der Waals surface area contributed by atoms with Crippen LogP contribution in [0.2, 0.25) is 5.02 Å². The quantitative estimate of drug-likeness (QED) is 0.812. The lowest BCUT2D eigenvalue weighted by Gasteiger charge is -2.08.